The molecule has 0 bridgehead atoms. The number of ether oxygens (including phenoxy) is 1. The zero-order chi connectivity index (χ0) is 17.6. The van der Waals surface area contributed by atoms with Gasteiger partial charge in [0.2, 0.25) is 0 Å². The van der Waals surface area contributed by atoms with Crippen molar-refractivity contribution in [3.05, 3.63) is 42.2 Å². The van der Waals surface area contributed by atoms with Gasteiger partial charge in [-0.15, -0.1) is 5.10 Å². The van der Waals surface area contributed by atoms with E-state index in [2.05, 4.69) is 20.3 Å². The Bertz CT molecular complexity index is 849. The number of fused-ring (bicyclic) bond motifs is 1. The summed E-state index contributed by atoms with van der Waals surface area (Å²) in [4.78, 5) is 22.5. The maximum atomic E-state index is 12.1. The lowest BCUT2D eigenvalue weighted by atomic mass is 10.2. The van der Waals surface area contributed by atoms with Crippen LogP contribution in [0, 0.1) is 0 Å². The van der Waals surface area contributed by atoms with Crippen LogP contribution in [0.15, 0.2) is 36.7 Å². The molecule has 0 radical (unpaired) electrons. The number of hydrogen-bond donors (Lipinski definition) is 0. The summed E-state index contributed by atoms with van der Waals surface area (Å²) < 4.78 is 6.80. The Kier molecular flexibility index (Phi) is 5.17. The van der Waals surface area contributed by atoms with Crippen LogP contribution in [0.3, 0.4) is 0 Å². The fraction of sp³-hybridized carbons (Fsp3) is 0.353. The highest BCUT2D eigenvalue weighted by atomic mass is 16.5. The summed E-state index contributed by atoms with van der Waals surface area (Å²) in [5.74, 6) is 0.259. The number of esters is 1. The van der Waals surface area contributed by atoms with Gasteiger partial charge in [-0.1, -0.05) is 35.5 Å². The van der Waals surface area contributed by atoms with Crippen molar-refractivity contribution in [1.29, 1.82) is 0 Å². The number of anilines is 1. The zero-order valence-corrected chi connectivity index (χ0v) is 14.3. The molecule has 0 spiro atoms. The Balaban J connectivity index is 1.98. The van der Waals surface area contributed by atoms with Crippen LogP contribution < -0.4 is 4.90 Å². The van der Waals surface area contributed by atoms with Gasteiger partial charge in [-0.05, 0) is 19.4 Å². The summed E-state index contributed by atoms with van der Waals surface area (Å²) in [6.07, 6.45) is 1.47. The van der Waals surface area contributed by atoms with Gasteiger partial charge < -0.3 is 9.64 Å². The van der Waals surface area contributed by atoms with Crippen molar-refractivity contribution in [3.8, 4) is 0 Å². The third-order valence-electron chi connectivity index (χ3n) is 3.72. The standard InChI is InChI=1S/C17H20N6O2/c1-3-23-17-15(20-21-23)16(18-12-19-17)22(11-14(24)25-4-2)10-13-8-6-5-7-9-13/h5-9,12H,3-4,10-11H2,1-2H3. The first-order valence-corrected chi connectivity index (χ1v) is 8.21. The minimum atomic E-state index is -0.312. The van der Waals surface area contributed by atoms with Crippen LogP contribution in [-0.4, -0.2) is 44.1 Å². The Morgan fingerprint density at radius 3 is 2.72 bits per heavy atom. The van der Waals surface area contributed by atoms with Gasteiger partial charge in [0.05, 0.1) is 6.61 Å². The molecular formula is C17H20N6O2. The molecule has 25 heavy (non-hydrogen) atoms. The SMILES string of the molecule is CCOC(=O)CN(Cc1ccccc1)c1ncnc2c1nnn2CC. The maximum absolute atomic E-state index is 12.1. The van der Waals surface area contributed by atoms with Crippen LogP contribution in [0.2, 0.25) is 0 Å². The van der Waals surface area contributed by atoms with Crippen LogP contribution in [0.25, 0.3) is 11.2 Å². The molecule has 0 amide bonds. The highest BCUT2D eigenvalue weighted by molar-refractivity contribution is 5.85. The lowest BCUT2D eigenvalue weighted by Gasteiger charge is -2.22. The molecule has 2 aromatic heterocycles. The predicted octanol–water partition coefficient (Wildman–Crippen LogP) is 1.81. The molecule has 0 aliphatic carbocycles. The molecule has 8 nitrogen and oxygen atoms in total. The van der Waals surface area contributed by atoms with E-state index in [4.69, 9.17) is 4.74 Å². The predicted molar refractivity (Wildman–Crippen MR) is 92.9 cm³/mol. The number of aryl methyl sites for hydroxylation is 1. The van der Waals surface area contributed by atoms with Gasteiger partial charge in [0.1, 0.15) is 12.9 Å². The quantitative estimate of drug-likeness (QED) is 0.606. The molecule has 1 aromatic carbocycles. The second-order valence-corrected chi connectivity index (χ2v) is 5.42. The van der Waals surface area contributed by atoms with Gasteiger partial charge in [0, 0.05) is 13.1 Å². The van der Waals surface area contributed by atoms with Gasteiger partial charge in [-0.2, -0.15) is 0 Å². The number of rotatable bonds is 7. The molecule has 0 unspecified atom stereocenters. The third kappa shape index (κ3) is 3.73. The number of carbonyl (C=O) groups excluding carboxylic acids is 1. The van der Waals surface area contributed by atoms with Crippen molar-refractivity contribution in [1.82, 2.24) is 25.0 Å². The highest BCUT2D eigenvalue weighted by Gasteiger charge is 2.20. The Labute approximate surface area is 145 Å². The fourth-order valence-electron chi connectivity index (χ4n) is 2.60. The molecule has 3 rings (SSSR count). The molecule has 0 fully saturated rings. The van der Waals surface area contributed by atoms with Crippen molar-refractivity contribution < 1.29 is 9.53 Å². The number of benzene rings is 1. The Hall–Kier alpha value is -3.03. The van der Waals surface area contributed by atoms with Crippen molar-refractivity contribution in [3.63, 3.8) is 0 Å². The fourth-order valence-corrected chi connectivity index (χ4v) is 2.60. The van der Waals surface area contributed by atoms with Crippen LogP contribution in [0.1, 0.15) is 19.4 Å². The molecule has 0 saturated carbocycles. The van der Waals surface area contributed by atoms with E-state index in [1.54, 1.807) is 11.6 Å². The van der Waals surface area contributed by atoms with E-state index in [0.29, 0.717) is 36.7 Å². The van der Waals surface area contributed by atoms with E-state index in [1.165, 1.54) is 6.33 Å². The Morgan fingerprint density at radius 2 is 2.00 bits per heavy atom. The van der Waals surface area contributed by atoms with Gasteiger partial charge >= 0.3 is 5.97 Å². The molecular weight excluding hydrogens is 320 g/mol. The molecule has 0 atom stereocenters. The van der Waals surface area contributed by atoms with Crippen molar-refractivity contribution >= 4 is 23.0 Å². The zero-order valence-electron chi connectivity index (χ0n) is 14.3. The second kappa shape index (κ2) is 7.69. The smallest absolute Gasteiger partial charge is 0.325 e. The van der Waals surface area contributed by atoms with Crippen LogP contribution in [0.5, 0.6) is 0 Å². The highest BCUT2D eigenvalue weighted by Crippen LogP contribution is 2.22. The first-order valence-electron chi connectivity index (χ1n) is 8.21. The molecule has 130 valence electrons. The van der Waals surface area contributed by atoms with Gasteiger partial charge in [0.15, 0.2) is 17.0 Å². The molecule has 0 saturated heterocycles. The van der Waals surface area contributed by atoms with Gasteiger partial charge in [0.25, 0.3) is 0 Å². The second-order valence-electron chi connectivity index (χ2n) is 5.42. The van der Waals surface area contributed by atoms with E-state index in [1.807, 2.05) is 42.2 Å². The lowest BCUT2D eigenvalue weighted by Crippen LogP contribution is -2.31. The van der Waals surface area contributed by atoms with E-state index >= 15 is 0 Å². The van der Waals surface area contributed by atoms with Crippen molar-refractivity contribution in [2.24, 2.45) is 0 Å². The average molecular weight is 340 g/mol. The topological polar surface area (TPSA) is 86.0 Å². The number of carbonyl (C=O) groups is 1. The first-order chi connectivity index (χ1) is 12.2. The van der Waals surface area contributed by atoms with E-state index < -0.39 is 0 Å². The maximum Gasteiger partial charge on any atom is 0.325 e. The Morgan fingerprint density at radius 1 is 1.20 bits per heavy atom. The minimum absolute atomic E-state index is 0.0772. The number of nitrogens with zero attached hydrogens (tertiary/aromatic N) is 6. The van der Waals surface area contributed by atoms with E-state index in [0.717, 1.165) is 5.56 Å². The molecule has 8 heteroatoms. The molecule has 3 aromatic rings. The molecule has 0 aliphatic heterocycles. The lowest BCUT2D eigenvalue weighted by molar-refractivity contribution is -0.141. The average Bonchev–Trinajstić information content (AvgIpc) is 3.05. The van der Waals surface area contributed by atoms with Crippen LogP contribution in [0.4, 0.5) is 5.82 Å². The normalized spacial score (nSPS) is 10.8. The van der Waals surface area contributed by atoms with Crippen LogP contribution in [-0.2, 0) is 22.6 Å². The summed E-state index contributed by atoms with van der Waals surface area (Å²) >= 11 is 0. The van der Waals surface area contributed by atoms with E-state index in [9.17, 15) is 4.79 Å². The summed E-state index contributed by atoms with van der Waals surface area (Å²) in [6, 6.07) is 9.87. The molecule has 0 N–H and O–H groups in total. The summed E-state index contributed by atoms with van der Waals surface area (Å²) in [5.41, 5.74) is 2.28. The number of hydrogen-bond acceptors (Lipinski definition) is 7. The minimum Gasteiger partial charge on any atom is -0.465 e. The van der Waals surface area contributed by atoms with Crippen molar-refractivity contribution in [2.45, 2.75) is 26.9 Å². The van der Waals surface area contributed by atoms with Crippen molar-refractivity contribution in [2.75, 3.05) is 18.1 Å². The first kappa shape index (κ1) is 16.8. The summed E-state index contributed by atoms with van der Waals surface area (Å²) in [6.45, 7) is 5.33. The van der Waals surface area contributed by atoms with E-state index in [-0.39, 0.29) is 12.5 Å². The van der Waals surface area contributed by atoms with Gasteiger partial charge in [-0.25, -0.2) is 14.6 Å². The monoisotopic (exact) mass is 340 g/mol. The summed E-state index contributed by atoms with van der Waals surface area (Å²) in [7, 11) is 0. The third-order valence-corrected chi connectivity index (χ3v) is 3.72. The molecule has 2 heterocycles. The molecule has 0 aliphatic rings. The largest absolute Gasteiger partial charge is 0.465 e. The van der Waals surface area contributed by atoms with Gasteiger partial charge in [-0.3, -0.25) is 4.79 Å². The van der Waals surface area contributed by atoms with Crippen LogP contribution >= 0.6 is 0 Å². The number of aromatic nitrogens is 5. The summed E-state index contributed by atoms with van der Waals surface area (Å²) in [5, 5.41) is 8.30.